The number of carbonyl (C=O) groups is 3. The Morgan fingerprint density at radius 1 is 1.13 bits per heavy atom. The second kappa shape index (κ2) is 9.19. The first-order valence-corrected chi connectivity index (χ1v) is 7.93. The minimum Gasteiger partial charge on any atom is -0.469 e. The number of rotatable bonds is 7. The summed E-state index contributed by atoms with van der Waals surface area (Å²) in [5.41, 5.74) is 1.13. The molecule has 0 saturated heterocycles. The zero-order valence-electron chi connectivity index (χ0n) is 13.6. The molecule has 0 heterocycles. The van der Waals surface area contributed by atoms with Gasteiger partial charge in [0.2, 0.25) is 5.91 Å². The van der Waals surface area contributed by atoms with Crippen LogP contribution < -0.4 is 5.32 Å². The minimum atomic E-state index is -1.05. The summed E-state index contributed by atoms with van der Waals surface area (Å²) in [4.78, 5) is 36.2. The van der Waals surface area contributed by atoms with E-state index in [2.05, 4.69) is 14.8 Å². The molecule has 0 radical (unpaired) electrons. The van der Waals surface area contributed by atoms with Gasteiger partial charge in [-0.15, -0.1) is 11.8 Å². The lowest BCUT2D eigenvalue weighted by atomic mass is 10.2. The molecule has 1 N–H and O–H groups in total. The van der Waals surface area contributed by atoms with E-state index in [4.69, 9.17) is 0 Å². The van der Waals surface area contributed by atoms with Gasteiger partial charge in [-0.05, 0) is 26.0 Å². The van der Waals surface area contributed by atoms with Crippen LogP contribution in [0, 0.1) is 6.92 Å². The van der Waals surface area contributed by atoms with E-state index in [1.54, 1.807) is 6.92 Å². The Labute approximate surface area is 139 Å². The van der Waals surface area contributed by atoms with Crippen molar-refractivity contribution in [2.45, 2.75) is 36.5 Å². The number of hydrogen-bond acceptors (Lipinski definition) is 6. The zero-order valence-corrected chi connectivity index (χ0v) is 14.4. The summed E-state index contributed by atoms with van der Waals surface area (Å²) in [6.45, 7) is 3.71. The fourth-order valence-electron chi connectivity index (χ4n) is 1.75. The molecule has 0 fully saturated rings. The average molecular weight is 339 g/mol. The van der Waals surface area contributed by atoms with Crippen LogP contribution >= 0.6 is 11.8 Å². The van der Waals surface area contributed by atoms with Gasteiger partial charge in [0, 0.05) is 4.90 Å². The smallest absolute Gasteiger partial charge is 0.328 e. The Balaban J connectivity index is 2.67. The number of carbonyl (C=O) groups excluding carboxylic acids is 3. The van der Waals surface area contributed by atoms with Crippen LogP contribution in [0.3, 0.4) is 0 Å². The maximum Gasteiger partial charge on any atom is 0.328 e. The number of aryl methyl sites for hydroxylation is 1. The SMILES string of the molecule is COC(=O)C[C@@H](NC(=O)[C@@H](C)Sc1ccc(C)cc1)C(=O)OC. The second-order valence-electron chi connectivity index (χ2n) is 4.94. The predicted octanol–water partition coefficient (Wildman–Crippen LogP) is 1.70. The van der Waals surface area contributed by atoms with Gasteiger partial charge in [0.05, 0.1) is 25.9 Å². The summed E-state index contributed by atoms with van der Waals surface area (Å²) in [5, 5.41) is 2.10. The molecule has 1 aromatic rings. The molecule has 1 aromatic carbocycles. The number of ether oxygens (including phenoxy) is 2. The van der Waals surface area contributed by atoms with Crippen molar-refractivity contribution < 1.29 is 23.9 Å². The van der Waals surface area contributed by atoms with Gasteiger partial charge in [-0.3, -0.25) is 9.59 Å². The van der Waals surface area contributed by atoms with Gasteiger partial charge >= 0.3 is 11.9 Å². The summed E-state index contributed by atoms with van der Waals surface area (Å²) < 4.78 is 9.12. The number of amides is 1. The molecule has 0 bridgehead atoms. The Bertz CT molecular complexity index is 558. The van der Waals surface area contributed by atoms with Crippen LogP contribution in [0.2, 0.25) is 0 Å². The lowest BCUT2D eigenvalue weighted by Crippen LogP contribution is -2.45. The molecule has 1 amide bonds. The highest BCUT2D eigenvalue weighted by Gasteiger charge is 2.27. The van der Waals surface area contributed by atoms with Crippen molar-refractivity contribution in [2.24, 2.45) is 0 Å². The molecule has 0 aromatic heterocycles. The topological polar surface area (TPSA) is 81.7 Å². The first-order valence-electron chi connectivity index (χ1n) is 7.05. The van der Waals surface area contributed by atoms with Crippen LogP contribution in [0.25, 0.3) is 0 Å². The number of methoxy groups -OCH3 is 2. The number of nitrogens with one attached hydrogen (secondary N) is 1. The molecule has 23 heavy (non-hydrogen) atoms. The lowest BCUT2D eigenvalue weighted by molar-refractivity contribution is -0.150. The number of hydrogen-bond donors (Lipinski definition) is 1. The van der Waals surface area contributed by atoms with E-state index in [9.17, 15) is 14.4 Å². The van der Waals surface area contributed by atoms with Crippen LogP contribution in [0.4, 0.5) is 0 Å². The highest BCUT2D eigenvalue weighted by Crippen LogP contribution is 2.23. The van der Waals surface area contributed by atoms with Crippen molar-refractivity contribution in [3.8, 4) is 0 Å². The molecule has 0 aliphatic rings. The minimum absolute atomic E-state index is 0.267. The molecule has 6 nitrogen and oxygen atoms in total. The second-order valence-corrected chi connectivity index (χ2v) is 6.35. The third-order valence-corrected chi connectivity index (χ3v) is 4.22. The monoisotopic (exact) mass is 339 g/mol. The van der Waals surface area contributed by atoms with Crippen LogP contribution in [-0.4, -0.2) is 43.4 Å². The molecule has 1 rings (SSSR count). The highest BCUT2D eigenvalue weighted by molar-refractivity contribution is 8.00. The Hall–Kier alpha value is -2.02. The third-order valence-electron chi connectivity index (χ3n) is 3.10. The molecule has 7 heteroatoms. The van der Waals surface area contributed by atoms with Gasteiger partial charge in [-0.25, -0.2) is 4.79 Å². The van der Waals surface area contributed by atoms with Gasteiger partial charge in [0.1, 0.15) is 6.04 Å². The van der Waals surface area contributed by atoms with Crippen molar-refractivity contribution in [1.82, 2.24) is 5.32 Å². The van der Waals surface area contributed by atoms with Crippen molar-refractivity contribution in [2.75, 3.05) is 14.2 Å². The maximum atomic E-state index is 12.2. The van der Waals surface area contributed by atoms with E-state index in [1.807, 2.05) is 31.2 Å². The molecule has 0 unspecified atom stereocenters. The van der Waals surface area contributed by atoms with E-state index in [0.29, 0.717) is 0 Å². The summed E-state index contributed by atoms with van der Waals surface area (Å²) in [5.74, 6) is -1.63. The van der Waals surface area contributed by atoms with E-state index >= 15 is 0 Å². The standard InChI is InChI=1S/C16H21NO5S/c1-10-5-7-12(8-6-10)23-11(2)15(19)17-13(16(20)22-4)9-14(18)21-3/h5-8,11,13H,9H2,1-4H3,(H,17,19)/t11-,13-/m1/s1. The van der Waals surface area contributed by atoms with Crippen molar-refractivity contribution in [3.63, 3.8) is 0 Å². The van der Waals surface area contributed by atoms with Crippen LogP contribution in [0.5, 0.6) is 0 Å². The van der Waals surface area contributed by atoms with Crippen LogP contribution in [0.1, 0.15) is 18.9 Å². The molecule has 0 aliphatic heterocycles. The first kappa shape index (κ1) is 19.0. The maximum absolute atomic E-state index is 12.2. The summed E-state index contributed by atoms with van der Waals surface area (Å²) in [6, 6.07) is 6.72. The molecule has 0 spiro atoms. The Morgan fingerprint density at radius 2 is 1.74 bits per heavy atom. The molecule has 0 saturated carbocycles. The predicted molar refractivity (Wildman–Crippen MR) is 87.1 cm³/mol. The van der Waals surface area contributed by atoms with Crippen LogP contribution in [0.15, 0.2) is 29.2 Å². The summed E-state index contributed by atoms with van der Waals surface area (Å²) in [7, 11) is 2.41. The fraction of sp³-hybridized carbons (Fsp3) is 0.438. The number of thioether (sulfide) groups is 1. The van der Waals surface area contributed by atoms with Gasteiger partial charge in [0.15, 0.2) is 0 Å². The lowest BCUT2D eigenvalue weighted by Gasteiger charge is -2.18. The summed E-state index contributed by atoms with van der Waals surface area (Å²) in [6.07, 6.45) is -0.267. The number of esters is 2. The third kappa shape index (κ3) is 6.32. The first-order chi connectivity index (χ1) is 10.9. The summed E-state index contributed by atoms with van der Waals surface area (Å²) >= 11 is 1.37. The normalized spacial score (nSPS) is 12.9. The van der Waals surface area contributed by atoms with Gasteiger partial charge in [-0.2, -0.15) is 0 Å². The molecule has 2 atom stereocenters. The van der Waals surface area contributed by atoms with Gasteiger partial charge in [0.25, 0.3) is 0 Å². The van der Waals surface area contributed by atoms with Gasteiger partial charge in [-0.1, -0.05) is 17.7 Å². The zero-order chi connectivity index (χ0) is 17.4. The van der Waals surface area contributed by atoms with Crippen molar-refractivity contribution in [3.05, 3.63) is 29.8 Å². The quantitative estimate of drug-likeness (QED) is 0.601. The fourth-order valence-corrected chi connectivity index (χ4v) is 2.63. The largest absolute Gasteiger partial charge is 0.469 e. The average Bonchev–Trinajstić information content (AvgIpc) is 2.55. The Kier molecular flexibility index (Phi) is 7.61. The van der Waals surface area contributed by atoms with E-state index in [0.717, 1.165) is 10.5 Å². The van der Waals surface area contributed by atoms with Gasteiger partial charge < -0.3 is 14.8 Å². The molecule has 0 aliphatic carbocycles. The molecular weight excluding hydrogens is 318 g/mol. The highest BCUT2D eigenvalue weighted by atomic mass is 32.2. The Morgan fingerprint density at radius 3 is 2.26 bits per heavy atom. The van der Waals surface area contributed by atoms with Crippen molar-refractivity contribution >= 4 is 29.6 Å². The van der Waals surface area contributed by atoms with Crippen LogP contribution in [-0.2, 0) is 23.9 Å². The molecular formula is C16H21NO5S. The van der Waals surface area contributed by atoms with Crippen molar-refractivity contribution in [1.29, 1.82) is 0 Å². The number of benzene rings is 1. The van der Waals surface area contributed by atoms with E-state index in [1.165, 1.54) is 26.0 Å². The van der Waals surface area contributed by atoms with E-state index in [-0.39, 0.29) is 12.3 Å². The molecule has 126 valence electrons. The van der Waals surface area contributed by atoms with E-state index < -0.39 is 23.2 Å².